The standard InChI is InChI=1S/C31H42F2N4O4/c1-5-9-25-29(38)34-15-8-12-22-11-7-14-24(33)28(22)41-18-20(4)35-26(17-21-10-6-13-23(32)16-21)30(39)37-27(19(2)3)31(40)36-25/h6-7,10-11,13-14,16,19-20,25-27,35H,5,8-9,12,15,17-18H2,1-4H3,(H,34,38)(H,36,40)(H,37,39)/t20-,25-,26+,27+/m0/s1. The number of nitrogens with one attached hydrogen (secondary N) is 4. The van der Waals surface area contributed by atoms with Gasteiger partial charge in [0.25, 0.3) is 0 Å². The van der Waals surface area contributed by atoms with Gasteiger partial charge in [-0.05, 0) is 67.9 Å². The highest BCUT2D eigenvalue weighted by Crippen LogP contribution is 2.24. The second-order valence-corrected chi connectivity index (χ2v) is 11.0. The van der Waals surface area contributed by atoms with Gasteiger partial charge in [0.05, 0.1) is 6.04 Å². The molecule has 224 valence electrons. The maximum absolute atomic E-state index is 14.8. The Bertz CT molecular complexity index is 1190. The largest absolute Gasteiger partial charge is 0.489 e. The van der Waals surface area contributed by atoms with Gasteiger partial charge < -0.3 is 20.7 Å². The van der Waals surface area contributed by atoms with E-state index in [1.165, 1.54) is 18.2 Å². The molecule has 4 N–H and O–H groups in total. The van der Waals surface area contributed by atoms with Crippen molar-refractivity contribution in [2.45, 2.75) is 84.0 Å². The van der Waals surface area contributed by atoms with E-state index < -0.39 is 47.6 Å². The van der Waals surface area contributed by atoms with Crippen LogP contribution in [-0.2, 0) is 27.2 Å². The van der Waals surface area contributed by atoms with E-state index in [9.17, 15) is 23.2 Å². The molecule has 4 atom stereocenters. The third kappa shape index (κ3) is 9.52. The van der Waals surface area contributed by atoms with E-state index in [4.69, 9.17) is 4.74 Å². The zero-order valence-corrected chi connectivity index (χ0v) is 24.3. The van der Waals surface area contributed by atoms with Crippen LogP contribution >= 0.6 is 0 Å². The Morgan fingerprint density at radius 3 is 2.44 bits per heavy atom. The van der Waals surface area contributed by atoms with Gasteiger partial charge >= 0.3 is 0 Å². The first-order chi connectivity index (χ1) is 19.6. The summed E-state index contributed by atoms with van der Waals surface area (Å²) >= 11 is 0. The van der Waals surface area contributed by atoms with Gasteiger partial charge in [0, 0.05) is 12.6 Å². The number of aryl methyl sites for hydroxylation is 1. The molecule has 41 heavy (non-hydrogen) atoms. The van der Waals surface area contributed by atoms with Gasteiger partial charge in [0.1, 0.15) is 24.5 Å². The van der Waals surface area contributed by atoms with Crippen molar-refractivity contribution in [1.82, 2.24) is 21.3 Å². The summed E-state index contributed by atoms with van der Waals surface area (Å²) in [6, 6.07) is 7.77. The maximum atomic E-state index is 14.8. The summed E-state index contributed by atoms with van der Waals surface area (Å²) in [7, 11) is 0. The van der Waals surface area contributed by atoms with E-state index in [1.807, 2.05) is 27.7 Å². The minimum absolute atomic E-state index is 0.0599. The maximum Gasteiger partial charge on any atom is 0.243 e. The van der Waals surface area contributed by atoms with E-state index in [1.54, 1.807) is 24.3 Å². The second-order valence-electron chi connectivity index (χ2n) is 11.0. The van der Waals surface area contributed by atoms with Crippen LogP contribution < -0.4 is 26.0 Å². The fraction of sp³-hybridized carbons (Fsp3) is 0.516. The number of para-hydroxylation sites is 1. The normalized spacial score (nSPS) is 23.3. The SMILES string of the molecule is CCC[C@@H]1NC(=O)[C@@H](C(C)C)NC(=O)[C@@H](Cc2cccc(F)c2)N[C@@H](C)COc2c(F)cccc2CCCNC1=O. The molecule has 2 aromatic carbocycles. The van der Waals surface area contributed by atoms with Crippen molar-refractivity contribution < 1.29 is 27.9 Å². The van der Waals surface area contributed by atoms with Crippen LogP contribution in [0.3, 0.4) is 0 Å². The number of rotatable bonds is 5. The number of carbonyl (C=O) groups excluding carboxylic acids is 3. The Hall–Kier alpha value is -3.53. The monoisotopic (exact) mass is 572 g/mol. The predicted molar refractivity (Wildman–Crippen MR) is 153 cm³/mol. The average molecular weight is 573 g/mol. The van der Waals surface area contributed by atoms with Crippen molar-refractivity contribution in [3.05, 3.63) is 65.2 Å². The molecule has 0 aromatic heterocycles. The first-order valence-corrected chi connectivity index (χ1v) is 14.4. The molecule has 0 unspecified atom stereocenters. The fourth-order valence-electron chi connectivity index (χ4n) is 4.86. The number of ether oxygens (including phenoxy) is 1. The van der Waals surface area contributed by atoms with Gasteiger partial charge in [0.2, 0.25) is 17.7 Å². The lowest BCUT2D eigenvalue weighted by atomic mass is 9.99. The molecule has 1 aliphatic rings. The lowest BCUT2D eigenvalue weighted by Gasteiger charge is -2.29. The lowest BCUT2D eigenvalue weighted by Crippen LogP contribution is -2.59. The van der Waals surface area contributed by atoms with Crippen LogP contribution in [0.1, 0.15) is 58.1 Å². The summed E-state index contributed by atoms with van der Waals surface area (Å²) in [5.41, 5.74) is 1.26. The lowest BCUT2D eigenvalue weighted by molar-refractivity contribution is -0.133. The zero-order valence-electron chi connectivity index (χ0n) is 24.3. The minimum atomic E-state index is -0.905. The quantitative estimate of drug-likeness (QED) is 0.439. The molecule has 0 saturated heterocycles. The Morgan fingerprint density at radius 1 is 0.976 bits per heavy atom. The Labute approximate surface area is 241 Å². The van der Waals surface area contributed by atoms with Crippen molar-refractivity contribution in [2.24, 2.45) is 5.92 Å². The topological polar surface area (TPSA) is 109 Å². The van der Waals surface area contributed by atoms with Gasteiger partial charge in [-0.1, -0.05) is 51.5 Å². The van der Waals surface area contributed by atoms with Crippen molar-refractivity contribution in [3.8, 4) is 5.75 Å². The molecule has 3 amide bonds. The molecule has 0 saturated carbocycles. The molecule has 3 rings (SSSR count). The van der Waals surface area contributed by atoms with E-state index in [0.29, 0.717) is 43.4 Å². The van der Waals surface area contributed by atoms with E-state index in [-0.39, 0.29) is 30.6 Å². The third-order valence-electron chi connectivity index (χ3n) is 7.04. The summed E-state index contributed by atoms with van der Waals surface area (Å²) in [5.74, 6) is -2.28. The number of halogens is 2. The number of carbonyl (C=O) groups is 3. The molecule has 0 fully saturated rings. The molecule has 2 aromatic rings. The second kappa shape index (κ2) is 15.5. The molecule has 10 heteroatoms. The molecular formula is C31H42F2N4O4. The first kappa shape index (κ1) is 32.0. The number of hydrogen-bond acceptors (Lipinski definition) is 5. The fourth-order valence-corrected chi connectivity index (χ4v) is 4.86. The summed E-state index contributed by atoms with van der Waals surface area (Å²) in [6.07, 6.45) is 2.26. The summed E-state index contributed by atoms with van der Waals surface area (Å²) in [5, 5.41) is 11.8. The van der Waals surface area contributed by atoms with Crippen LogP contribution in [0.4, 0.5) is 8.78 Å². The van der Waals surface area contributed by atoms with Crippen molar-refractivity contribution in [1.29, 1.82) is 0 Å². The van der Waals surface area contributed by atoms with Gasteiger partial charge in [-0.15, -0.1) is 0 Å². The van der Waals surface area contributed by atoms with E-state index >= 15 is 0 Å². The third-order valence-corrected chi connectivity index (χ3v) is 7.04. The molecule has 0 radical (unpaired) electrons. The van der Waals surface area contributed by atoms with Crippen LogP contribution in [-0.4, -0.2) is 55.0 Å². The van der Waals surface area contributed by atoms with Crippen molar-refractivity contribution in [2.75, 3.05) is 13.2 Å². The highest BCUT2D eigenvalue weighted by atomic mass is 19.1. The number of hydrogen-bond donors (Lipinski definition) is 4. The van der Waals surface area contributed by atoms with Gasteiger partial charge in [-0.3, -0.25) is 19.7 Å². The van der Waals surface area contributed by atoms with Crippen molar-refractivity contribution >= 4 is 17.7 Å². The number of fused-ring (bicyclic) bond motifs is 1. The number of amides is 3. The molecule has 0 aliphatic carbocycles. The highest BCUT2D eigenvalue weighted by molar-refractivity contribution is 5.93. The smallest absolute Gasteiger partial charge is 0.243 e. The summed E-state index contributed by atoms with van der Waals surface area (Å²) in [6.45, 7) is 7.75. The molecular weight excluding hydrogens is 530 g/mol. The van der Waals surface area contributed by atoms with Crippen LogP contribution in [0, 0.1) is 17.6 Å². The van der Waals surface area contributed by atoms with Crippen LogP contribution in [0.2, 0.25) is 0 Å². The molecule has 8 nitrogen and oxygen atoms in total. The van der Waals surface area contributed by atoms with E-state index in [2.05, 4.69) is 21.3 Å². The Morgan fingerprint density at radius 2 is 1.73 bits per heavy atom. The molecule has 0 bridgehead atoms. The first-order valence-electron chi connectivity index (χ1n) is 14.4. The van der Waals surface area contributed by atoms with Crippen molar-refractivity contribution in [3.63, 3.8) is 0 Å². The summed E-state index contributed by atoms with van der Waals surface area (Å²) < 4.78 is 34.6. The molecule has 0 spiro atoms. The van der Waals surface area contributed by atoms with E-state index in [0.717, 1.165) is 0 Å². The Kier molecular flexibility index (Phi) is 12.1. The highest BCUT2D eigenvalue weighted by Gasteiger charge is 2.31. The minimum Gasteiger partial charge on any atom is -0.489 e. The van der Waals surface area contributed by atoms with Gasteiger partial charge in [0.15, 0.2) is 11.6 Å². The summed E-state index contributed by atoms with van der Waals surface area (Å²) in [4.78, 5) is 39.9. The molecule has 1 aliphatic heterocycles. The van der Waals surface area contributed by atoms with Crippen LogP contribution in [0.15, 0.2) is 42.5 Å². The van der Waals surface area contributed by atoms with Gasteiger partial charge in [-0.2, -0.15) is 0 Å². The van der Waals surface area contributed by atoms with Crippen LogP contribution in [0.25, 0.3) is 0 Å². The number of benzene rings is 2. The molecule has 1 heterocycles. The Balaban J connectivity index is 1.93. The zero-order chi connectivity index (χ0) is 29.9. The van der Waals surface area contributed by atoms with Gasteiger partial charge in [-0.25, -0.2) is 8.78 Å². The van der Waals surface area contributed by atoms with Crippen LogP contribution in [0.5, 0.6) is 5.75 Å². The predicted octanol–water partition coefficient (Wildman–Crippen LogP) is 3.42. The average Bonchev–Trinajstić information content (AvgIpc) is 2.92.